The highest BCUT2D eigenvalue weighted by Crippen LogP contribution is 2.32. The van der Waals surface area contributed by atoms with Crippen LogP contribution in [0.25, 0.3) is 0 Å². The Bertz CT molecular complexity index is 785. The molecule has 2 aromatic carbocycles. The van der Waals surface area contributed by atoms with Gasteiger partial charge < -0.3 is 0 Å². The van der Waals surface area contributed by atoms with Gasteiger partial charge in [-0.25, -0.2) is 8.42 Å². The zero-order chi connectivity index (χ0) is 16.0. The summed E-state index contributed by atoms with van der Waals surface area (Å²) in [7, 11) is -3.48. The Morgan fingerprint density at radius 2 is 1.73 bits per heavy atom. The Hall–Kier alpha value is -2.38. The summed E-state index contributed by atoms with van der Waals surface area (Å²) in [5, 5.41) is 8.21. The van der Waals surface area contributed by atoms with Gasteiger partial charge in [0.15, 0.2) is 9.84 Å². The summed E-state index contributed by atoms with van der Waals surface area (Å²) in [6, 6.07) is 17.2. The lowest BCUT2D eigenvalue weighted by Crippen LogP contribution is -2.13. The minimum absolute atomic E-state index is 0.314. The summed E-state index contributed by atoms with van der Waals surface area (Å²) in [5.41, 5.74) is 1.21. The van der Waals surface area contributed by atoms with Crippen LogP contribution < -0.4 is 0 Å². The Morgan fingerprint density at radius 1 is 1.09 bits per heavy atom. The van der Waals surface area contributed by atoms with E-state index in [4.69, 9.17) is 5.26 Å². The van der Waals surface area contributed by atoms with Crippen LogP contribution in [0.4, 0.5) is 0 Å². The van der Waals surface area contributed by atoms with Gasteiger partial charge in [-0.3, -0.25) is 0 Å². The molecule has 2 rings (SSSR count). The van der Waals surface area contributed by atoms with E-state index in [-0.39, 0.29) is 0 Å². The minimum atomic E-state index is -3.48. The van der Waals surface area contributed by atoms with Gasteiger partial charge in [-0.1, -0.05) is 42.5 Å². The number of sulfone groups is 1. The average Bonchev–Trinajstić information content (AvgIpc) is 2.56. The van der Waals surface area contributed by atoms with E-state index in [1.807, 2.05) is 25.1 Å². The summed E-state index contributed by atoms with van der Waals surface area (Å²) < 4.78 is 25.8. The lowest BCUT2D eigenvalue weighted by Gasteiger charge is -2.17. The number of nitriles is 1. The minimum Gasteiger partial charge on any atom is -0.223 e. The van der Waals surface area contributed by atoms with Gasteiger partial charge in [0.2, 0.25) is 0 Å². The van der Waals surface area contributed by atoms with Gasteiger partial charge in [-0.15, -0.1) is 0 Å². The van der Waals surface area contributed by atoms with Gasteiger partial charge in [0.25, 0.3) is 0 Å². The molecule has 0 aliphatic carbocycles. The first-order chi connectivity index (χ1) is 10.6. The lowest BCUT2D eigenvalue weighted by molar-refractivity contribution is 0.582. The highest BCUT2D eigenvalue weighted by Gasteiger charge is 2.27. The Kier molecular flexibility index (Phi) is 5.13. The number of allylic oxidation sites excluding steroid dienone is 2. The summed E-state index contributed by atoms with van der Waals surface area (Å²) in [6.07, 6.45) is 4.10. The van der Waals surface area contributed by atoms with Gasteiger partial charge in [-0.2, -0.15) is 5.26 Å². The van der Waals surface area contributed by atoms with Crippen LogP contribution >= 0.6 is 0 Å². The van der Waals surface area contributed by atoms with E-state index in [0.29, 0.717) is 22.4 Å². The highest BCUT2D eigenvalue weighted by molar-refractivity contribution is 7.91. The molecule has 0 bridgehead atoms. The van der Waals surface area contributed by atoms with Gasteiger partial charge in [0, 0.05) is 0 Å². The Labute approximate surface area is 131 Å². The predicted octanol–water partition coefficient (Wildman–Crippen LogP) is 4.04. The molecular weight excluding hydrogens is 294 g/mol. The largest absolute Gasteiger partial charge is 0.223 e. The molecule has 1 unspecified atom stereocenters. The van der Waals surface area contributed by atoms with E-state index in [2.05, 4.69) is 0 Å². The van der Waals surface area contributed by atoms with Crippen LogP contribution in [0.2, 0.25) is 0 Å². The lowest BCUT2D eigenvalue weighted by atomic mass is 10.1. The maximum Gasteiger partial charge on any atom is 0.185 e. The number of nitrogens with zero attached hydrogens (tertiary/aromatic N) is 1. The molecule has 0 heterocycles. The smallest absolute Gasteiger partial charge is 0.185 e. The van der Waals surface area contributed by atoms with Crippen LogP contribution in [0.15, 0.2) is 71.6 Å². The first kappa shape index (κ1) is 16.0. The maximum absolute atomic E-state index is 12.9. The van der Waals surface area contributed by atoms with Crippen LogP contribution in [0, 0.1) is 11.3 Å². The zero-order valence-corrected chi connectivity index (χ0v) is 13.1. The van der Waals surface area contributed by atoms with E-state index >= 15 is 0 Å². The van der Waals surface area contributed by atoms with E-state index in [1.54, 1.807) is 54.6 Å². The van der Waals surface area contributed by atoms with Gasteiger partial charge in [0.1, 0.15) is 0 Å². The highest BCUT2D eigenvalue weighted by atomic mass is 32.2. The molecule has 112 valence electrons. The molecule has 0 aromatic heterocycles. The van der Waals surface area contributed by atoms with Crippen molar-refractivity contribution in [2.75, 3.05) is 0 Å². The normalized spacial score (nSPS) is 12.9. The number of hydrogen-bond donors (Lipinski definition) is 0. The monoisotopic (exact) mass is 311 g/mol. The van der Waals surface area contributed by atoms with Gasteiger partial charge in [-0.05, 0) is 43.2 Å². The van der Waals surface area contributed by atoms with Crippen LogP contribution in [0.1, 0.15) is 29.7 Å². The van der Waals surface area contributed by atoms with Gasteiger partial charge in [0.05, 0.1) is 21.8 Å². The fourth-order valence-electron chi connectivity index (χ4n) is 2.25. The second-order valence-corrected chi connectivity index (χ2v) is 7.02. The molecule has 1 atom stereocenters. The topological polar surface area (TPSA) is 57.9 Å². The summed E-state index contributed by atoms with van der Waals surface area (Å²) in [6.45, 7) is 1.87. The molecule has 0 aliphatic heterocycles. The number of hydrogen-bond acceptors (Lipinski definition) is 3. The average molecular weight is 311 g/mol. The molecule has 2 aromatic rings. The third-order valence-corrected chi connectivity index (χ3v) is 5.59. The quantitative estimate of drug-likeness (QED) is 0.783. The van der Waals surface area contributed by atoms with Crippen molar-refractivity contribution in [1.29, 1.82) is 5.26 Å². The number of benzene rings is 2. The summed E-state index contributed by atoms with van der Waals surface area (Å²) in [5.74, 6) is 0. The van der Waals surface area contributed by atoms with Crippen LogP contribution in [-0.4, -0.2) is 8.42 Å². The summed E-state index contributed by atoms with van der Waals surface area (Å²) in [4.78, 5) is 0.314. The van der Waals surface area contributed by atoms with Crippen molar-refractivity contribution in [2.24, 2.45) is 0 Å². The van der Waals surface area contributed by atoms with Crippen molar-refractivity contribution >= 4 is 9.84 Å². The fraction of sp³-hybridized carbons (Fsp3) is 0.167. The van der Waals surface area contributed by atoms with E-state index < -0.39 is 15.1 Å². The van der Waals surface area contributed by atoms with E-state index in [1.165, 1.54) is 0 Å². The molecule has 0 amide bonds. The standard InChI is InChI=1S/C18H17NO2S/c1-2-3-9-18(16-12-10-15(14-19)11-13-16)22(20,21)17-7-5-4-6-8-17/h2-8,10-13,18H,9H2,1H3/b3-2+. The van der Waals surface area contributed by atoms with Crippen LogP contribution in [0.3, 0.4) is 0 Å². The van der Waals surface area contributed by atoms with Crippen molar-refractivity contribution < 1.29 is 8.42 Å². The van der Waals surface area contributed by atoms with Crippen molar-refractivity contribution in [3.05, 3.63) is 77.9 Å². The molecule has 4 heteroatoms. The molecule has 0 fully saturated rings. The molecule has 0 saturated carbocycles. The summed E-state index contributed by atoms with van der Waals surface area (Å²) >= 11 is 0. The molecule has 0 spiro atoms. The van der Waals surface area contributed by atoms with Crippen molar-refractivity contribution in [3.63, 3.8) is 0 Å². The zero-order valence-electron chi connectivity index (χ0n) is 12.3. The Morgan fingerprint density at radius 3 is 2.27 bits per heavy atom. The second-order valence-electron chi connectivity index (χ2n) is 4.89. The molecule has 0 radical (unpaired) electrons. The first-order valence-electron chi connectivity index (χ1n) is 6.99. The third kappa shape index (κ3) is 3.44. The first-order valence-corrected chi connectivity index (χ1v) is 8.54. The molecular formula is C18H17NO2S. The molecule has 0 saturated heterocycles. The molecule has 0 N–H and O–H groups in total. The Balaban J connectivity index is 2.48. The predicted molar refractivity (Wildman–Crippen MR) is 87.0 cm³/mol. The molecule has 3 nitrogen and oxygen atoms in total. The fourth-order valence-corrected chi connectivity index (χ4v) is 3.99. The van der Waals surface area contributed by atoms with Crippen molar-refractivity contribution in [3.8, 4) is 6.07 Å². The van der Waals surface area contributed by atoms with E-state index in [9.17, 15) is 8.42 Å². The second kappa shape index (κ2) is 7.06. The van der Waals surface area contributed by atoms with Crippen LogP contribution in [0.5, 0.6) is 0 Å². The van der Waals surface area contributed by atoms with Gasteiger partial charge >= 0.3 is 0 Å². The number of rotatable bonds is 5. The maximum atomic E-state index is 12.9. The van der Waals surface area contributed by atoms with Crippen molar-refractivity contribution in [2.45, 2.75) is 23.5 Å². The van der Waals surface area contributed by atoms with E-state index in [0.717, 1.165) is 0 Å². The van der Waals surface area contributed by atoms with Crippen LogP contribution in [-0.2, 0) is 9.84 Å². The SMILES string of the molecule is C/C=C/CC(c1ccc(C#N)cc1)S(=O)(=O)c1ccccc1. The molecule has 22 heavy (non-hydrogen) atoms. The van der Waals surface area contributed by atoms with Crippen molar-refractivity contribution in [1.82, 2.24) is 0 Å². The third-order valence-electron chi connectivity index (χ3n) is 3.44. The molecule has 0 aliphatic rings.